The number of rotatable bonds is 6. The lowest BCUT2D eigenvalue weighted by Gasteiger charge is -2.33. The second-order valence-electron chi connectivity index (χ2n) is 5.12. The van der Waals surface area contributed by atoms with Gasteiger partial charge in [0, 0.05) is 19.6 Å². The number of piperazine rings is 1. The van der Waals surface area contributed by atoms with Gasteiger partial charge in [-0.15, -0.1) is 0 Å². The highest BCUT2D eigenvalue weighted by Crippen LogP contribution is 2.11. The SMILES string of the molecule is CCOC(=O)C[C@H]1C(=O)NCCN1C/C=C/c1ccccc1. The Labute approximate surface area is 130 Å². The van der Waals surface area contributed by atoms with Crippen LogP contribution in [0.2, 0.25) is 0 Å². The van der Waals surface area contributed by atoms with Crippen LogP contribution < -0.4 is 5.32 Å². The Morgan fingerprint density at radius 1 is 1.41 bits per heavy atom. The predicted molar refractivity (Wildman–Crippen MR) is 85.1 cm³/mol. The standard InChI is InChI=1S/C17H22N2O3/c1-2-22-16(20)13-15-17(21)18-10-12-19(15)11-6-9-14-7-4-3-5-8-14/h3-9,15H,2,10-13H2,1H3,(H,18,21)/b9-6+/t15-/m0/s1. The van der Waals surface area contributed by atoms with Gasteiger partial charge >= 0.3 is 5.97 Å². The summed E-state index contributed by atoms with van der Waals surface area (Å²) in [6.07, 6.45) is 4.14. The fourth-order valence-electron chi connectivity index (χ4n) is 2.47. The van der Waals surface area contributed by atoms with Gasteiger partial charge in [-0.1, -0.05) is 42.5 Å². The van der Waals surface area contributed by atoms with Gasteiger partial charge in [0.05, 0.1) is 19.1 Å². The van der Waals surface area contributed by atoms with E-state index in [-0.39, 0.29) is 18.3 Å². The molecule has 22 heavy (non-hydrogen) atoms. The quantitative estimate of drug-likeness (QED) is 0.808. The zero-order valence-electron chi connectivity index (χ0n) is 12.8. The van der Waals surface area contributed by atoms with Crippen LogP contribution in [0.1, 0.15) is 18.9 Å². The van der Waals surface area contributed by atoms with E-state index < -0.39 is 6.04 Å². The monoisotopic (exact) mass is 302 g/mol. The van der Waals surface area contributed by atoms with Gasteiger partial charge < -0.3 is 10.1 Å². The van der Waals surface area contributed by atoms with E-state index in [1.807, 2.05) is 47.4 Å². The minimum absolute atomic E-state index is 0.0961. The molecule has 1 aromatic carbocycles. The summed E-state index contributed by atoms with van der Waals surface area (Å²) in [6, 6.07) is 9.54. The van der Waals surface area contributed by atoms with E-state index in [4.69, 9.17) is 4.74 Å². The lowest BCUT2D eigenvalue weighted by atomic mass is 10.1. The molecule has 0 saturated carbocycles. The Morgan fingerprint density at radius 2 is 2.18 bits per heavy atom. The Hall–Kier alpha value is -2.14. The number of amides is 1. The van der Waals surface area contributed by atoms with Crippen molar-refractivity contribution in [3.63, 3.8) is 0 Å². The van der Waals surface area contributed by atoms with Crippen molar-refractivity contribution in [3.05, 3.63) is 42.0 Å². The fraction of sp³-hybridized carbons (Fsp3) is 0.412. The molecule has 1 heterocycles. The molecule has 1 fully saturated rings. The number of nitrogens with one attached hydrogen (secondary N) is 1. The Bertz CT molecular complexity index is 528. The first-order valence-electron chi connectivity index (χ1n) is 7.59. The lowest BCUT2D eigenvalue weighted by molar-refractivity contribution is -0.147. The molecule has 1 saturated heterocycles. The molecule has 0 bridgehead atoms. The van der Waals surface area contributed by atoms with Gasteiger partial charge in [-0.2, -0.15) is 0 Å². The second-order valence-corrected chi connectivity index (χ2v) is 5.12. The Balaban J connectivity index is 1.95. The molecule has 118 valence electrons. The van der Waals surface area contributed by atoms with Gasteiger partial charge in [0.25, 0.3) is 0 Å². The van der Waals surface area contributed by atoms with E-state index in [9.17, 15) is 9.59 Å². The number of ether oxygens (including phenoxy) is 1. The first-order chi connectivity index (χ1) is 10.7. The van der Waals surface area contributed by atoms with E-state index in [1.165, 1.54) is 0 Å². The first kappa shape index (κ1) is 16.2. The zero-order chi connectivity index (χ0) is 15.8. The maximum atomic E-state index is 12.0. The van der Waals surface area contributed by atoms with Crippen molar-refractivity contribution in [2.24, 2.45) is 0 Å². The molecule has 1 aromatic rings. The highest BCUT2D eigenvalue weighted by molar-refractivity contribution is 5.87. The summed E-state index contributed by atoms with van der Waals surface area (Å²) in [5, 5.41) is 2.81. The molecule has 0 unspecified atom stereocenters. The number of carbonyl (C=O) groups is 2. The van der Waals surface area contributed by atoms with Crippen molar-refractivity contribution < 1.29 is 14.3 Å². The molecule has 1 atom stereocenters. The third kappa shape index (κ3) is 4.70. The van der Waals surface area contributed by atoms with E-state index in [0.717, 1.165) is 12.1 Å². The lowest BCUT2D eigenvalue weighted by Crippen LogP contribution is -2.55. The van der Waals surface area contributed by atoms with Gasteiger partial charge in [-0.3, -0.25) is 14.5 Å². The van der Waals surface area contributed by atoms with Crippen LogP contribution in [0.5, 0.6) is 0 Å². The number of carbonyl (C=O) groups excluding carboxylic acids is 2. The Kier molecular flexibility index (Phi) is 6.15. The summed E-state index contributed by atoms with van der Waals surface area (Å²) in [6.45, 7) is 4.07. The molecule has 5 nitrogen and oxygen atoms in total. The molecule has 1 N–H and O–H groups in total. The van der Waals surface area contributed by atoms with Gasteiger partial charge in [0.1, 0.15) is 0 Å². The number of nitrogens with zero attached hydrogens (tertiary/aromatic N) is 1. The van der Waals surface area contributed by atoms with E-state index in [2.05, 4.69) is 5.32 Å². The molecule has 0 aromatic heterocycles. The summed E-state index contributed by atoms with van der Waals surface area (Å²) in [7, 11) is 0. The van der Waals surface area contributed by atoms with E-state index in [0.29, 0.717) is 19.7 Å². The van der Waals surface area contributed by atoms with Crippen molar-refractivity contribution >= 4 is 18.0 Å². The van der Waals surface area contributed by atoms with Gasteiger partial charge in [0.15, 0.2) is 0 Å². The van der Waals surface area contributed by atoms with Crippen LogP contribution in [0, 0.1) is 0 Å². The largest absolute Gasteiger partial charge is 0.466 e. The van der Waals surface area contributed by atoms with Gasteiger partial charge in [-0.25, -0.2) is 0 Å². The van der Waals surface area contributed by atoms with Crippen LogP contribution in [0.15, 0.2) is 36.4 Å². The topological polar surface area (TPSA) is 58.6 Å². The van der Waals surface area contributed by atoms with Crippen LogP contribution in [0.4, 0.5) is 0 Å². The minimum atomic E-state index is -0.451. The molecule has 1 amide bonds. The molecule has 0 spiro atoms. The molecular formula is C17H22N2O3. The molecule has 1 aliphatic heterocycles. The predicted octanol–water partition coefficient (Wildman–Crippen LogP) is 1.45. The van der Waals surface area contributed by atoms with Gasteiger partial charge in [-0.05, 0) is 12.5 Å². The van der Waals surface area contributed by atoms with Crippen LogP contribution in [-0.4, -0.2) is 49.1 Å². The summed E-state index contributed by atoms with van der Waals surface area (Å²) in [5.41, 5.74) is 1.12. The summed E-state index contributed by atoms with van der Waals surface area (Å²) in [5.74, 6) is -0.436. The number of hydrogen-bond acceptors (Lipinski definition) is 4. The van der Waals surface area contributed by atoms with Crippen LogP contribution in [0.3, 0.4) is 0 Å². The average Bonchev–Trinajstić information content (AvgIpc) is 2.52. The van der Waals surface area contributed by atoms with Crippen molar-refractivity contribution in [1.29, 1.82) is 0 Å². The first-order valence-corrected chi connectivity index (χ1v) is 7.59. The third-order valence-corrected chi connectivity index (χ3v) is 3.56. The van der Waals surface area contributed by atoms with E-state index in [1.54, 1.807) is 6.92 Å². The number of esters is 1. The highest BCUT2D eigenvalue weighted by atomic mass is 16.5. The van der Waals surface area contributed by atoms with Crippen molar-refractivity contribution in [3.8, 4) is 0 Å². The van der Waals surface area contributed by atoms with Gasteiger partial charge in [0.2, 0.25) is 5.91 Å². The summed E-state index contributed by atoms with van der Waals surface area (Å²) >= 11 is 0. The molecule has 2 rings (SSSR count). The van der Waals surface area contributed by atoms with Crippen molar-refractivity contribution in [1.82, 2.24) is 10.2 Å². The summed E-state index contributed by atoms with van der Waals surface area (Å²) < 4.78 is 4.95. The average molecular weight is 302 g/mol. The molecule has 0 radical (unpaired) electrons. The third-order valence-electron chi connectivity index (χ3n) is 3.56. The van der Waals surface area contributed by atoms with Crippen molar-refractivity contribution in [2.75, 3.05) is 26.2 Å². The molecular weight excluding hydrogens is 280 g/mol. The smallest absolute Gasteiger partial charge is 0.307 e. The second kappa shape index (κ2) is 8.34. The molecule has 0 aliphatic carbocycles. The van der Waals surface area contributed by atoms with E-state index >= 15 is 0 Å². The number of benzene rings is 1. The molecule has 5 heteroatoms. The molecule has 1 aliphatic rings. The van der Waals surface area contributed by atoms with Crippen LogP contribution in [-0.2, 0) is 14.3 Å². The normalized spacial score (nSPS) is 19.1. The Morgan fingerprint density at radius 3 is 2.91 bits per heavy atom. The fourth-order valence-corrected chi connectivity index (χ4v) is 2.47. The number of hydrogen-bond donors (Lipinski definition) is 1. The highest BCUT2D eigenvalue weighted by Gasteiger charge is 2.31. The minimum Gasteiger partial charge on any atom is -0.466 e. The summed E-state index contributed by atoms with van der Waals surface area (Å²) in [4.78, 5) is 25.7. The zero-order valence-corrected chi connectivity index (χ0v) is 12.8. The maximum Gasteiger partial charge on any atom is 0.307 e. The maximum absolute atomic E-state index is 12.0. The van der Waals surface area contributed by atoms with Crippen molar-refractivity contribution in [2.45, 2.75) is 19.4 Å². The van der Waals surface area contributed by atoms with Crippen LogP contribution >= 0.6 is 0 Å². The van der Waals surface area contributed by atoms with Crippen LogP contribution in [0.25, 0.3) is 6.08 Å².